The average molecular weight is 406 g/mol. The van der Waals surface area contributed by atoms with Gasteiger partial charge in [-0.2, -0.15) is 0 Å². The maximum atomic E-state index is 12.7. The summed E-state index contributed by atoms with van der Waals surface area (Å²) in [5.74, 6) is -1.35. The van der Waals surface area contributed by atoms with E-state index in [1.807, 2.05) is 30.3 Å². The highest BCUT2D eigenvalue weighted by molar-refractivity contribution is 7.99. The van der Waals surface area contributed by atoms with Gasteiger partial charge >= 0.3 is 0 Å². The molecule has 0 atom stereocenters. The quantitative estimate of drug-likeness (QED) is 0.558. The Morgan fingerprint density at radius 1 is 0.897 bits per heavy atom. The number of hydrogen-bond acceptors (Lipinski definition) is 5. The zero-order valence-electron chi connectivity index (χ0n) is 15.3. The smallest absolute Gasteiger partial charge is 0.258 e. The number of anilines is 1. The highest BCUT2D eigenvalue weighted by Crippen LogP contribution is 2.28. The number of benzene rings is 2. The number of nitrogens with one attached hydrogen (secondary N) is 2. The standard InChI is InChI=1S/C21H18N4O3S/c22-18(26)13-24-19(27)14-8-10-15(11-9-14)25-20(28)17-7-4-12-23-21(17)29-16-5-2-1-3-6-16/h1-12H,13H2,(H2,22,26)(H,24,27)(H,25,28). The predicted molar refractivity (Wildman–Crippen MR) is 111 cm³/mol. The average Bonchev–Trinajstić information content (AvgIpc) is 2.73. The van der Waals surface area contributed by atoms with Crippen LogP contribution in [0.15, 0.2) is 82.8 Å². The lowest BCUT2D eigenvalue weighted by atomic mass is 10.2. The molecule has 0 bridgehead atoms. The molecule has 0 aliphatic rings. The Morgan fingerprint density at radius 2 is 1.62 bits per heavy atom. The van der Waals surface area contributed by atoms with E-state index in [0.29, 0.717) is 21.8 Å². The minimum Gasteiger partial charge on any atom is -0.368 e. The monoisotopic (exact) mass is 406 g/mol. The van der Waals surface area contributed by atoms with E-state index >= 15 is 0 Å². The van der Waals surface area contributed by atoms with Gasteiger partial charge in [0.2, 0.25) is 5.91 Å². The van der Waals surface area contributed by atoms with Crippen LogP contribution in [-0.2, 0) is 4.79 Å². The molecule has 2 aromatic carbocycles. The lowest BCUT2D eigenvalue weighted by Crippen LogP contribution is -2.33. The fourth-order valence-electron chi connectivity index (χ4n) is 2.42. The number of rotatable bonds is 7. The van der Waals surface area contributed by atoms with Crippen molar-refractivity contribution in [2.75, 3.05) is 11.9 Å². The van der Waals surface area contributed by atoms with Crippen molar-refractivity contribution >= 4 is 35.2 Å². The van der Waals surface area contributed by atoms with Crippen molar-refractivity contribution in [2.45, 2.75) is 9.92 Å². The summed E-state index contributed by atoms with van der Waals surface area (Å²) in [5.41, 5.74) is 6.34. The Balaban J connectivity index is 1.69. The first kappa shape index (κ1) is 20.1. The van der Waals surface area contributed by atoms with Gasteiger partial charge in [-0.15, -0.1) is 0 Å². The van der Waals surface area contributed by atoms with E-state index in [2.05, 4.69) is 15.6 Å². The third kappa shape index (κ3) is 5.66. The molecule has 0 fully saturated rings. The molecule has 0 unspecified atom stereocenters. The van der Waals surface area contributed by atoms with Gasteiger partial charge in [-0.3, -0.25) is 14.4 Å². The van der Waals surface area contributed by atoms with Crippen LogP contribution in [-0.4, -0.2) is 29.3 Å². The Bertz CT molecular complexity index is 1020. The predicted octanol–water partition coefficient (Wildman–Crippen LogP) is 2.70. The SMILES string of the molecule is NC(=O)CNC(=O)c1ccc(NC(=O)c2cccnc2Sc2ccccc2)cc1. The van der Waals surface area contributed by atoms with Crippen LogP contribution < -0.4 is 16.4 Å². The summed E-state index contributed by atoms with van der Waals surface area (Å²) in [6.45, 7) is -0.236. The fraction of sp³-hybridized carbons (Fsp3) is 0.0476. The molecule has 3 amide bonds. The van der Waals surface area contributed by atoms with Gasteiger partial charge in [-0.1, -0.05) is 30.0 Å². The molecular formula is C21H18N4O3S. The summed E-state index contributed by atoms with van der Waals surface area (Å²) in [7, 11) is 0. The molecule has 0 radical (unpaired) electrons. The van der Waals surface area contributed by atoms with E-state index < -0.39 is 11.8 Å². The van der Waals surface area contributed by atoms with Crippen LogP contribution in [0, 0.1) is 0 Å². The highest BCUT2D eigenvalue weighted by atomic mass is 32.2. The largest absolute Gasteiger partial charge is 0.368 e. The molecular weight excluding hydrogens is 388 g/mol. The molecule has 1 aromatic heterocycles. The molecule has 3 aromatic rings. The van der Waals surface area contributed by atoms with Crippen LogP contribution in [0.5, 0.6) is 0 Å². The van der Waals surface area contributed by atoms with Gasteiger partial charge in [0.05, 0.1) is 12.1 Å². The lowest BCUT2D eigenvalue weighted by molar-refractivity contribution is -0.117. The van der Waals surface area contributed by atoms with Crippen molar-refractivity contribution in [3.63, 3.8) is 0 Å². The van der Waals surface area contributed by atoms with E-state index in [1.165, 1.54) is 11.8 Å². The molecule has 0 saturated carbocycles. The molecule has 7 nitrogen and oxygen atoms in total. The lowest BCUT2D eigenvalue weighted by Gasteiger charge is -2.10. The molecule has 3 rings (SSSR count). The number of aromatic nitrogens is 1. The van der Waals surface area contributed by atoms with Crippen LogP contribution >= 0.6 is 11.8 Å². The van der Waals surface area contributed by atoms with Crippen LogP contribution in [0.1, 0.15) is 20.7 Å². The minimum absolute atomic E-state index is 0.236. The zero-order valence-corrected chi connectivity index (χ0v) is 16.1. The van der Waals surface area contributed by atoms with Crippen molar-refractivity contribution < 1.29 is 14.4 Å². The zero-order chi connectivity index (χ0) is 20.6. The van der Waals surface area contributed by atoms with Gasteiger partial charge in [0, 0.05) is 22.3 Å². The number of pyridine rings is 1. The fourth-order valence-corrected chi connectivity index (χ4v) is 3.32. The molecule has 0 spiro atoms. The van der Waals surface area contributed by atoms with Crippen LogP contribution in [0.2, 0.25) is 0 Å². The highest BCUT2D eigenvalue weighted by Gasteiger charge is 2.14. The van der Waals surface area contributed by atoms with Crippen LogP contribution in [0.25, 0.3) is 0 Å². The van der Waals surface area contributed by atoms with Crippen molar-refractivity contribution in [3.8, 4) is 0 Å². The number of nitrogens with two attached hydrogens (primary N) is 1. The third-order valence-corrected chi connectivity index (χ3v) is 4.83. The Kier molecular flexibility index (Phi) is 6.59. The minimum atomic E-state index is -0.622. The second-order valence-corrected chi connectivity index (χ2v) is 7.01. The molecule has 0 saturated heterocycles. The Morgan fingerprint density at radius 3 is 2.31 bits per heavy atom. The Labute approximate surface area is 171 Å². The molecule has 0 aliphatic carbocycles. The summed E-state index contributed by atoms with van der Waals surface area (Å²) in [6, 6.07) is 19.4. The summed E-state index contributed by atoms with van der Waals surface area (Å²) >= 11 is 1.40. The normalized spacial score (nSPS) is 10.2. The van der Waals surface area contributed by atoms with Gasteiger partial charge in [0.15, 0.2) is 0 Å². The molecule has 0 aliphatic heterocycles. The summed E-state index contributed by atoms with van der Waals surface area (Å²) < 4.78 is 0. The van der Waals surface area contributed by atoms with Crippen LogP contribution in [0.3, 0.4) is 0 Å². The molecule has 4 N–H and O–H groups in total. The molecule has 1 heterocycles. The third-order valence-electron chi connectivity index (χ3n) is 3.80. The van der Waals surface area contributed by atoms with Crippen molar-refractivity contribution in [1.29, 1.82) is 0 Å². The first-order chi connectivity index (χ1) is 14.0. The molecule has 29 heavy (non-hydrogen) atoms. The van der Waals surface area contributed by atoms with E-state index in [0.717, 1.165) is 4.90 Å². The number of primary amides is 1. The first-order valence-electron chi connectivity index (χ1n) is 8.69. The van der Waals surface area contributed by atoms with E-state index in [9.17, 15) is 14.4 Å². The second kappa shape index (κ2) is 9.52. The summed E-state index contributed by atoms with van der Waals surface area (Å²) in [4.78, 5) is 40.7. The van der Waals surface area contributed by atoms with Gasteiger partial charge < -0.3 is 16.4 Å². The number of carbonyl (C=O) groups is 3. The van der Waals surface area contributed by atoms with Gasteiger partial charge in [-0.05, 0) is 48.5 Å². The maximum Gasteiger partial charge on any atom is 0.258 e. The van der Waals surface area contributed by atoms with Gasteiger partial charge in [-0.25, -0.2) is 4.98 Å². The van der Waals surface area contributed by atoms with E-state index in [4.69, 9.17) is 5.73 Å². The number of amides is 3. The Hall–Kier alpha value is -3.65. The van der Waals surface area contributed by atoms with Gasteiger partial charge in [0.25, 0.3) is 11.8 Å². The summed E-state index contributed by atoms with van der Waals surface area (Å²) in [5, 5.41) is 5.80. The van der Waals surface area contributed by atoms with Crippen molar-refractivity contribution in [3.05, 3.63) is 84.1 Å². The van der Waals surface area contributed by atoms with Crippen LogP contribution in [0.4, 0.5) is 5.69 Å². The molecule has 146 valence electrons. The van der Waals surface area contributed by atoms with Crippen molar-refractivity contribution in [2.24, 2.45) is 5.73 Å². The van der Waals surface area contributed by atoms with E-state index in [-0.39, 0.29) is 12.5 Å². The number of nitrogens with zero attached hydrogens (tertiary/aromatic N) is 1. The molecule has 8 heteroatoms. The topological polar surface area (TPSA) is 114 Å². The number of carbonyl (C=O) groups excluding carboxylic acids is 3. The number of hydrogen-bond donors (Lipinski definition) is 3. The first-order valence-corrected chi connectivity index (χ1v) is 9.50. The van der Waals surface area contributed by atoms with Gasteiger partial charge in [0.1, 0.15) is 5.03 Å². The second-order valence-electron chi connectivity index (χ2n) is 5.95. The maximum absolute atomic E-state index is 12.7. The van der Waals surface area contributed by atoms with Crippen molar-refractivity contribution in [1.82, 2.24) is 10.3 Å². The van der Waals surface area contributed by atoms with E-state index in [1.54, 1.807) is 42.6 Å². The summed E-state index contributed by atoms with van der Waals surface area (Å²) in [6.07, 6.45) is 1.64.